The minimum atomic E-state index is 0.145. The first-order chi connectivity index (χ1) is 6.29. The number of carbonyl (C=O) groups excluding carboxylic acids is 1. The van der Waals surface area contributed by atoms with E-state index in [0.717, 1.165) is 30.6 Å². The van der Waals surface area contributed by atoms with Crippen LogP contribution in [0.2, 0.25) is 0 Å². The molecule has 0 saturated carbocycles. The predicted molar refractivity (Wildman–Crippen MR) is 49.5 cm³/mol. The molecule has 2 heterocycles. The Kier molecular flexibility index (Phi) is 2.00. The number of nitrogens with zero attached hydrogens (tertiary/aromatic N) is 2. The van der Waals surface area contributed by atoms with Crippen molar-refractivity contribution in [2.45, 2.75) is 13.3 Å². The fraction of sp³-hybridized carbons (Fsp3) is 0.400. The van der Waals surface area contributed by atoms with Crippen LogP contribution in [0, 0.1) is 6.92 Å². The zero-order valence-corrected chi connectivity index (χ0v) is 7.66. The summed E-state index contributed by atoms with van der Waals surface area (Å²) >= 11 is 0. The molecule has 0 radical (unpaired) electrons. The van der Waals surface area contributed by atoms with Crippen molar-refractivity contribution in [3.63, 3.8) is 0 Å². The molecule has 1 aliphatic rings. The highest BCUT2D eigenvalue weighted by atomic mass is 16.2. The number of carbonyl (C=O) groups is 1. The summed E-state index contributed by atoms with van der Waals surface area (Å²) in [5.41, 5.74) is 1.74. The molecule has 0 bridgehead atoms. The Morgan fingerprint density at radius 1 is 1.54 bits per heavy atom. The maximum Gasteiger partial charge on any atom is 0.254 e. The van der Waals surface area contributed by atoms with E-state index in [9.17, 15) is 4.79 Å². The van der Waals surface area contributed by atoms with Gasteiger partial charge in [0.2, 0.25) is 0 Å². The van der Waals surface area contributed by atoms with E-state index in [0.29, 0.717) is 0 Å². The van der Waals surface area contributed by atoms with E-state index < -0.39 is 0 Å². The molecule has 2 rings (SSSR count). The zero-order chi connectivity index (χ0) is 9.26. The van der Waals surface area contributed by atoms with E-state index in [4.69, 9.17) is 0 Å². The van der Waals surface area contributed by atoms with Gasteiger partial charge in [0, 0.05) is 31.0 Å². The Hall–Kier alpha value is -1.38. The molecule has 0 aliphatic carbocycles. The van der Waals surface area contributed by atoms with Crippen molar-refractivity contribution in [3.05, 3.63) is 29.6 Å². The highest BCUT2D eigenvalue weighted by Crippen LogP contribution is 2.14. The summed E-state index contributed by atoms with van der Waals surface area (Å²) in [6.07, 6.45) is 4.53. The molecule has 0 atom stereocenters. The summed E-state index contributed by atoms with van der Waals surface area (Å²) in [5, 5.41) is 0. The van der Waals surface area contributed by atoms with Gasteiger partial charge in [-0.1, -0.05) is 0 Å². The quantitative estimate of drug-likeness (QED) is 0.645. The molecule has 0 unspecified atom stereocenters. The molecule has 0 aromatic carbocycles. The Morgan fingerprint density at radius 3 is 2.85 bits per heavy atom. The average molecular weight is 176 g/mol. The van der Waals surface area contributed by atoms with Gasteiger partial charge in [-0.25, -0.2) is 0 Å². The number of rotatable bonds is 1. The standard InChI is InChI=1S/C10H12N2O/c1-8-7-11-4-3-9(8)10(13)12-5-2-6-12/h3-4,7H,2,5-6H2,1H3. The van der Waals surface area contributed by atoms with E-state index in [1.165, 1.54) is 0 Å². The second-order valence-corrected chi connectivity index (χ2v) is 3.34. The third-order valence-electron chi connectivity index (χ3n) is 2.39. The first kappa shape index (κ1) is 8.23. The number of aromatic nitrogens is 1. The third kappa shape index (κ3) is 1.41. The van der Waals surface area contributed by atoms with Gasteiger partial charge < -0.3 is 4.90 Å². The van der Waals surface area contributed by atoms with Gasteiger partial charge in [-0.3, -0.25) is 9.78 Å². The monoisotopic (exact) mass is 176 g/mol. The molecule has 3 nitrogen and oxygen atoms in total. The van der Waals surface area contributed by atoms with Crippen LogP contribution < -0.4 is 0 Å². The zero-order valence-electron chi connectivity index (χ0n) is 7.66. The van der Waals surface area contributed by atoms with Crippen molar-refractivity contribution in [2.75, 3.05) is 13.1 Å². The molecule has 0 spiro atoms. The topological polar surface area (TPSA) is 33.2 Å². The van der Waals surface area contributed by atoms with Gasteiger partial charge >= 0.3 is 0 Å². The van der Waals surface area contributed by atoms with Gasteiger partial charge in [0.05, 0.1) is 0 Å². The lowest BCUT2D eigenvalue weighted by Crippen LogP contribution is -2.42. The molecular formula is C10H12N2O. The highest BCUT2D eigenvalue weighted by molar-refractivity contribution is 5.95. The van der Waals surface area contributed by atoms with E-state index in [1.54, 1.807) is 18.5 Å². The van der Waals surface area contributed by atoms with Gasteiger partial charge in [-0.05, 0) is 25.0 Å². The lowest BCUT2D eigenvalue weighted by atomic mass is 10.1. The summed E-state index contributed by atoms with van der Waals surface area (Å²) in [6, 6.07) is 1.79. The molecule has 3 heteroatoms. The second-order valence-electron chi connectivity index (χ2n) is 3.34. The second kappa shape index (κ2) is 3.17. The molecule has 13 heavy (non-hydrogen) atoms. The minimum Gasteiger partial charge on any atom is -0.339 e. The van der Waals surface area contributed by atoms with Crippen molar-refractivity contribution in [3.8, 4) is 0 Å². The number of amides is 1. The molecule has 0 N–H and O–H groups in total. The first-order valence-electron chi connectivity index (χ1n) is 4.49. The Bertz CT molecular complexity index is 331. The van der Waals surface area contributed by atoms with Gasteiger partial charge in [-0.2, -0.15) is 0 Å². The summed E-state index contributed by atoms with van der Waals surface area (Å²) in [5.74, 6) is 0.145. The van der Waals surface area contributed by atoms with Crippen LogP contribution in [0.5, 0.6) is 0 Å². The summed E-state index contributed by atoms with van der Waals surface area (Å²) in [6.45, 7) is 3.72. The number of pyridine rings is 1. The van der Waals surface area contributed by atoms with E-state index >= 15 is 0 Å². The van der Waals surface area contributed by atoms with Crippen LogP contribution in [0.15, 0.2) is 18.5 Å². The first-order valence-corrected chi connectivity index (χ1v) is 4.49. The number of hydrogen-bond donors (Lipinski definition) is 0. The summed E-state index contributed by atoms with van der Waals surface area (Å²) in [7, 11) is 0. The Morgan fingerprint density at radius 2 is 2.31 bits per heavy atom. The Balaban J connectivity index is 2.24. The van der Waals surface area contributed by atoms with Crippen LogP contribution in [0.3, 0.4) is 0 Å². The Labute approximate surface area is 77.4 Å². The van der Waals surface area contributed by atoms with Crippen molar-refractivity contribution >= 4 is 5.91 Å². The molecule has 68 valence electrons. The van der Waals surface area contributed by atoms with Crippen LogP contribution in [-0.4, -0.2) is 28.9 Å². The van der Waals surface area contributed by atoms with Gasteiger partial charge in [-0.15, -0.1) is 0 Å². The van der Waals surface area contributed by atoms with Gasteiger partial charge in [0.25, 0.3) is 5.91 Å². The minimum absolute atomic E-state index is 0.145. The predicted octanol–water partition coefficient (Wildman–Crippen LogP) is 1.24. The van der Waals surface area contributed by atoms with Gasteiger partial charge in [0.1, 0.15) is 0 Å². The van der Waals surface area contributed by atoms with Crippen molar-refractivity contribution < 1.29 is 4.79 Å². The maximum absolute atomic E-state index is 11.7. The molecule has 1 aromatic heterocycles. The van der Waals surface area contributed by atoms with Crippen LogP contribution >= 0.6 is 0 Å². The smallest absolute Gasteiger partial charge is 0.254 e. The van der Waals surface area contributed by atoms with Crippen molar-refractivity contribution in [1.29, 1.82) is 0 Å². The molecule has 1 saturated heterocycles. The summed E-state index contributed by atoms with van der Waals surface area (Å²) < 4.78 is 0. The van der Waals surface area contributed by atoms with Gasteiger partial charge in [0.15, 0.2) is 0 Å². The normalized spacial score (nSPS) is 15.3. The van der Waals surface area contributed by atoms with Crippen LogP contribution in [-0.2, 0) is 0 Å². The SMILES string of the molecule is Cc1cnccc1C(=O)N1CCC1. The molecular weight excluding hydrogens is 164 g/mol. The lowest BCUT2D eigenvalue weighted by molar-refractivity contribution is 0.0651. The molecule has 1 fully saturated rings. The van der Waals surface area contributed by atoms with Crippen LogP contribution in [0.4, 0.5) is 0 Å². The fourth-order valence-electron chi connectivity index (χ4n) is 1.40. The van der Waals surface area contributed by atoms with E-state index in [1.807, 2.05) is 11.8 Å². The number of likely N-dealkylation sites (tertiary alicyclic amines) is 1. The van der Waals surface area contributed by atoms with Crippen LogP contribution in [0.1, 0.15) is 22.3 Å². The van der Waals surface area contributed by atoms with Crippen molar-refractivity contribution in [1.82, 2.24) is 9.88 Å². The fourth-order valence-corrected chi connectivity index (χ4v) is 1.40. The van der Waals surface area contributed by atoms with E-state index in [2.05, 4.69) is 4.98 Å². The lowest BCUT2D eigenvalue weighted by Gasteiger charge is -2.31. The molecule has 1 aromatic rings. The maximum atomic E-state index is 11.7. The average Bonchev–Trinajstić information content (AvgIpc) is 2.01. The number of hydrogen-bond acceptors (Lipinski definition) is 2. The summed E-state index contributed by atoms with van der Waals surface area (Å²) in [4.78, 5) is 17.6. The number of aryl methyl sites for hydroxylation is 1. The van der Waals surface area contributed by atoms with Crippen LogP contribution in [0.25, 0.3) is 0 Å². The van der Waals surface area contributed by atoms with E-state index in [-0.39, 0.29) is 5.91 Å². The largest absolute Gasteiger partial charge is 0.339 e. The highest BCUT2D eigenvalue weighted by Gasteiger charge is 2.22. The van der Waals surface area contributed by atoms with Crippen molar-refractivity contribution in [2.24, 2.45) is 0 Å². The molecule has 1 amide bonds. The molecule has 1 aliphatic heterocycles. The third-order valence-corrected chi connectivity index (χ3v) is 2.39.